The third-order valence-corrected chi connectivity index (χ3v) is 10.7. The van der Waals surface area contributed by atoms with Gasteiger partial charge in [0.2, 0.25) is 0 Å². The summed E-state index contributed by atoms with van der Waals surface area (Å²) < 4.78 is 18.0. The minimum absolute atomic E-state index is 0.0269. The number of benzene rings is 3. The van der Waals surface area contributed by atoms with E-state index in [0.29, 0.717) is 60.6 Å². The summed E-state index contributed by atoms with van der Waals surface area (Å²) >= 11 is 12.4. The molecular weight excluding hydrogens is 767 g/mol. The highest BCUT2D eigenvalue weighted by atomic mass is 35.5. The van der Waals surface area contributed by atoms with Crippen molar-refractivity contribution >= 4 is 46.4 Å². The minimum Gasteiger partial charge on any atom is -0.508 e. The van der Waals surface area contributed by atoms with Crippen LogP contribution in [0.3, 0.4) is 0 Å². The van der Waals surface area contributed by atoms with Crippen LogP contribution in [-0.2, 0) is 15.3 Å². The van der Waals surface area contributed by atoms with Crippen molar-refractivity contribution in [3.63, 3.8) is 0 Å². The van der Waals surface area contributed by atoms with Crippen LogP contribution in [-0.4, -0.2) is 108 Å². The smallest absolute Gasteiger partial charge is 0.255 e. The number of rotatable bonds is 8. The topological polar surface area (TPSA) is 121 Å². The maximum atomic E-state index is 12.6. The van der Waals surface area contributed by atoms with Crippen LogP contribution in [0, 0.1) is 0 Å². The van der Waals surface area contributed by atoms with E-state index in [9.17, 15) is 14.7 Å². The van der Waals surface area contributed by atoms with Gasteiger partial charge in [-0.25, -0.2) is 0 Å². The largest absolute Gasteiger partial charge is 0.508 e. The van der Waals surface area contributed by atoms with Gasteiger partial charge in [-0.05, 0) is 91.9 Å². The average molecular weight is 812 g/mol. The normalized spacial score (nSPS) is 19.5. The molecule has 0 aliphatic carbocycles. The van der Waals surface area contributed by atoms with E-state index in [1.54, 1.807) is 73.3 Å². The Hall–Kier alpha value is -5.40. The molecule has 3 fully saturated rings. The Morgan fingerprint density at radius 1 is 0.754 bits per heavy atom. The molecule has 0 unspecified atom stereocenters. The third-order valence-electron chi connectivity index (χ3n) is 10.2. The number of piperazine rings is 2. The van der Waals surface area contributed by atoms with Crippen LogP contribution in [0.4, 0.5) is 11.4 Å². The Labute approximate surface area is 342 Å². The van der Waals surface area contributed by atoms with Crippen LogP contribution < -0.4 is 14.5 Å². The fraction of sp³-hybridized carbons (Fsp3) is 0.302. The molecule has 14 heteroatoms. The van der Waals surface area contributed by atoms with Crippen molar-refractivity contribution in [1.29, 1.82) is 0 Å². The Bertz CT molecular complexity index is 2100. The molecule has 57 heavy (non-hydrogen) atoms. The van der Waals surface area contributed by atoms with Crippen molar-refractivity contribution in [2.45, 2.75) is 18.8 Å². The number of ether oxygens (including phenoxy) is 3. The van der Waals surface area contributed by atoms with Gasteiger partial charge in [-0.2, -0.15) is 0 Å². The molecule has 0 bridgehead atoms. The number of phenols is 1. The Kier molecular flexibility index (Phi) is 12.7. The van der Waals surface area contributed by atoms with Gasteiger partial charge in [-0.3, -0.25) is 19.6 Å². The summed E-state index contributed by atoms with van der Waals surface area (Å²) in [6.07, 6.45) is 6.33. The van der Waals surface area contributed by atoms with Gasteiger partial charge in [0.1, 0.15) is 24.2 Å². The second-order valence-corrected chi connectivity index (χ2v) is 14.8. The van der Waals surface area contributed by atoms with Crippen LogP contribution in [0.2, 0.25) is 10.0 Å². The SMILES string of the molecule is C[C@]1(c2ccc(Cl)cc2Cl)OC[C@@H](COc2ccc(N3CCN(C(=O)c4cccnc4)CC3)cc2)O1.O=C(c1cccnc1)N1CCN(c2ccc(O)cc2)CC1. The van der Waals surface area contributed by atoms with E-state index in [4.69, 9.17) is 37.4 Å². The van der Waals surface area contributed by atoms with Crippen molar-refractivity contribution < 1.29 is 28.9 Å². The zero-order valence-corrected chi connectivity index (χ0v) is 33.1. The Morgan fingerprint density at radius 2 is 1.28 bits per heavy atom. The zero-order valence-electron chi connectivity index (χ0n) is 31.5. The number of anilines is 2. The molecule has 5 heterocycles. The molecule has 2 aromatic heterocycles. The third kappa shape index (κ3) is 9.95. The number of phenolic OH excluding ortho intramolecular Hbond substituents is 1. The van der Waals surface area contributed by atoms with E-state index < -0.39 is 5.79 Å². The standard InChI is InChI=1S/C27H27Cl2N3O4.C16H17N3O2/c1-27(24-9-4-20(28)15-25(24)29)35-18-23(36-27)17-34-22-7-5-21(6-8-22)31-11-13-32(14-12-31)26(33)19-3-2-10-30-16-19;20-15-5-3-14(4-6-15)18-8-10-19(11-9-18)16(21)13-2-1-7-17-12-13/h2-10,15-16,23H,11-14,17-18H2,1H3;1-7,12,20H,8-11H2/t23-,27+;/m1./s1. The van der Waals surface area contributed by atoms with Gasteiger partial charge in [0.15, 0.2) is 5.79 Å². The fourth-order valence-electron chi connectivity index (χ4n) is 7.00. The summed E-state index contributed by atoms with van der Waals surface area (Å²) in [4.78, 5) is 41.2. The zero-order chi connectivity index (χ0) is 39.8. The first-order valence-corrected chi connectivity index (χ1v) is 19.6. The van der Waals surface area contributed by atoms with Gasteiger partial charge >= 0.3 is 0 Å². The lowest BCUT2D eigenvalue weighted by Gasteiger charge is -2.36. The molecule has 12 nitrogen and oxygen atoms in total. The van der Waals surface area contributed by atoms with Crippen LogP contribution in [0.15, 0.2) is 116 Å². The van der Waals surface area contributed by atoms with Gasteiger partial charge in [-0.1, -0.05) is 29.3 Å². The lowest BCUT2D eigenvalue weighted by atomic mass is 10.1. The van der Waals surface area contributed by atoms with Crippen LogP contribution in [0.1, 0.15) is 33.2 Å². The first kappa shape index (κ1) is 39.8. The maximum absolute atomic E-state index is 12.6. The molecule has 8 rings (SSSR count). The highest BCUT2D eigenvalue weighted by Gasteiger charge is 2.40. The summed E-state index contributed by atoms with van der Waals surface area (Å²) in [6.45, 7) is 8.43. The van der Waals surface area contributed by atoms with E-state index >= 15 is 0 Å². The Morgan fingerprint density at radius 3 is 1.77 bits per heavy atom. The molecule has 296 valence electrons. The highest BCUT2D eigenvalue weighted by molar-refractivity contribution is 6.35. The van der Waals surface area contributed by atoms with Gasteiger partial charge in [0.25, 0.3) is 11.8 Å². The maximum Gasteiger partial charge on any atom is 0.255 e. The lowest BCUT2D eigenvalue weighted by Crippen LogP contribution is -2.48. The molecule has 1 N–H and O–H groups in total. The molecular formula is C43H44Cl2N6O6. The molecule has 0 radical (unpaired) electrons. The predicted octanol–water partition coefficient (Wildman–Crippen LogP) is 6.77. The predicted molar refractivity (Wildman–Crippen MR) is 219 cm³/mol. The number of carbonyl (C=O) groups is 2. The van der Waals surface area contributed by atoms with Crippen molar-refractivity contribution in [3.05, 3.63) is 143 Å². The highest BCUT2D eigenvalue weighted by Crippen LogP contribution is 2.39. The van der Waals surface area contributed by atoms with Crippen molar-refractivity contribution in [1.82, 2.24) is 19.8 Å². The Balaban J connectivity index is 0.000000200. The number of aromatic nitrogens is 2. The molecule has 3 aliphatic rings. The van der Waals surface area contributed by atoms with E-state index in [1.165, 1.54) is 0 Å². The summed E-state index contributed by atoms with van der Waals surface area (Å²) in [5.74, 6) is 0.141. The number of carbonyl (C=O) groups excluding carboxylic acids is 2. The van der Waals surface area contributed by atoms with Crippen LogP contribution >= 0.6 is 23.2 Å². The molecule has 2 amide bonds. The van der Waals surface area contributed by atoms with Crippen LogP contribution in [0.5, 0.6) is 11.5 Å². The number of halogens is 2. The van der Waals surface area contributed by atoms with Crippen LogP contribution in [0.25, 0.3) is 0 Å². The first-order valence-electron chi connectivity index (χ1n) is 18.8. The molecule has 0 spiro atoms. The quantitative estimate of drug-likeness (QED) is 0.180. The number of hydrogen-bond acceptors (Lipinski definition) is 10. The lowest BCUT2D eigenvalue weighted by molar-refractivity contribution is -0.164. The fourth-order valence-corrected chi connectivity index (χ4v) is 7.58. The summed E-state index contributed by atoms with van der Waals surface area (Å²) in [5, 5.41) is 10.4. The molecule has 5 aromatic rings. The summed E-state index contributed by atoms with van der Waals surface area (Å²) in [7, 11) is 0. The van der Waals surface area contributed by atoms with Crippen molar-refractivity contribution in [2.24, 2.45) is 0 Å². The van der Waals surface area contributed by atoms with Gasteiger partial charge in [0, 0.05) is 99.1 Å². The second kappa shape index (κ2) is 18.2. The number of amides is 2. The van der Waals surface area contributed by atoms with E-state index in [2.05, 4.69) is 19.8 Å². The number of pyridine rings is 2. The number of nitrogens with zero attached hydrogens (tertiary/aromatic N) is 6. The molecule has 3 saturated heterocycles. The average Bonchev–Trinajstić information content (AvgIpc) is 3.65. The first-order chi connectivity index (χ1) is 27.6. The molecule has 2 atom stereocenters. The molecule has 3 aromatic carbocycles. The van der Waals surface area contributed by atoms with E-state index in [0.717, 1.165) is 48.9 Å². The summed E-state index contributed by atoms with van der Waals surface area (Å²) in [5.41, 5.74) is 4.17. The number of hydrogen-bond donors (Lipinski definition) is 1. The minimum atomic E-state index is -0.944. The van der Waals surface area contributed by atoms with Crippen molar-refractivity contribution in [3.8, 4) is 11.5 Å². The number of aromatic hydroxyl groups is 1. The van der Waals surface area contributed by atoms with Crippen molar-refractivity contribution in [2.75, 3.05) is 75.4 Å². The monoisotopic (exact) mass is 810 g/mol. The van der Waals surface area contributed by atoms with Gasteiger partial charge in [0.05, 0.1) is 22.8 Å². The van der Waals surface area contributed by atoms with Gasteiger partial charge < -0.3 is 38.9 Å². The molecule has 3 aliphatic heterocycles. The van der Waals surface area contributed by atoms with E-state index in [-0.39, 0.29) is 23.7 Å². The molecule has 0 saturated carbocycles. The second-order valence-electron chi connectivity index (χ2n) is 14.0. The van der Waals surface area contributed by atoms with Gasteiger partial charge in [-0.15, -0.1) is 0 Å². The van der Waals surface area contributed by atoms with E-state index in [1.807, 2.05) is 59.2 Å². The summed E-state index contributed by atoms with van der Waals surface area (Å²) in [6, 6.07) is 27.6.